The maximum atomic E-state index is 13.7. The fraction of sp³-hybridized carbons (Fsp3) is 0.333. The van der Waals surface area contributed by atoms with Crippen LogP contribution in [0.15, 0.2) is 24.4 Å². The number of aromatic nitrogens is 4. The second-order valence-corrected chi connectivity index (χ2v) is 5.86. The first-order valence-electron chi connectivity index (χ1n) is 6.74. The van der Waals surface area contributed by atoms with Gasteiger partial charge in [-0.3, -0.25) is 4.68 Å². The van der Waals surface area contributed by atoms with Crippen molar-refractivity contribution in [1.29, 1.82) is 0 Å². The maximum Gasteiger partial charge on any atom is 0.128 e. The molecule has 21 heavy (non-hydrogen) atoms. The van der Waals surface area contributed by atoms with E-state index in [9.17, 15) is 4.39 Å². The van der Waals surface area contributed by atoms with Crippen molar-refractivity contribution in [3.63, 3.8) is 0 Å². The van der Waals surface area contributed by atoms with Gasteiger partial charge in [0.2, 0.25) is 0 Å². The normalized spacial score (nSPS) is 13.0. The van der Waals surface area contributed by atoms with Crippen LogP contribution in [0.3, 0.4) is 0 Å². The van der Waals surface area contributed by atoms with Crippen LogP contribution in [0.5, 0.6) is 0 Å². The Kier molecular flexibility index (Phi) is 3.45. The van der Waals surface area contributed by atoms with Gasteiger partial charge in [0.1, 0.15) is 11.6 Å². The number of fused-ring (bicyclic) bond motifs is 1. The second-order valence-electron chi connectivity index (χ2n) is 5.21. The summed E-state index contributed by atoms with van der Waals surface area (Å²) >= 11 is 6.24. The highest BCUT2D eigenvalue weighted by atomic mass is 35.5. The van der Waals surface area contributed by atoms with E-state index in [1.165, 1.54) is 6.07 Å². The molecule has 0 aliphatic carbocycles. The van der Waals surface area contributed by atoms with Gasteiger partial charge in [-0.05, 0) is 31.5 Å². The first kappa shape index (κ1) is 14.1. The van der Waals surface area contributed by atoms with Gasteiger partial charge >= 0.3 is 0 Å². The standard InChI is InChI=1S/C15H16ClFN4/c1-9-6-14-13(7-12(9)17)19-15(10(2)16)21(14)8-11-4-5-18-20(11)3/h4-7,10H,8H2,1-3H3. The highest BCUT2D eigenvalue weighted by molar-refractivity contribution is 6.20. The number of aryl methyl sites for hydroxylation is 2. The minimum atomic E-state index is -0.256. The molecule has 0 saturated carbocycles. The van der Waals surface area contributed by atoms with Gasteiger partial charge < -0.3 is 4.57 Å². The number of alkyl halides is 1. The first-order valence-corrected chi connectivity index (χ1v) is 7.18. The Balaban J connectivity index is 2.20. The fourth-order valence-corrected chi connectivity index (χ4v) is 2.62. The lowest BCUT2D eigenvalue weighted by atomic mass is 10.2. The molecule has 0 aliphatic heterocycles. The van der Waals surface area contributed by atoms with Gasteiger partial charge in [0, 0.05) is 19.3 Å². The molecule has 110 valence electrons. The summed E-state index contributed by atoms with van der Waals surface area (Å²) in [4.78, 5) is 4.49. The molecule has 1 atom stereocenters. The van der Waals surface area contributed by atoms with Crippen molar-refractivity contribution in [2.75, 3.05) is 0 Å². The van der Waals surface area contributed by atoms with E-state index in [0.717, 1.165) is 17.0 Å². The van der Waals surface area contributed by atoms with Gasteiger partial charge in [-0.1, -0.05) is 0 Å². The number of benzene rings is 1. The lowest BCUT2D eigenvalue weighted by Crippen LogP contribution is -2.09. The zero-order chi connectivity index (χ0) is 15.1. The molecule has 4 nitrogen and oxygen atoms in total. The number of halogens is 2. The number of imidazole rings is 1. The summed E-state index contributed by atoms with van der Waals surface area (Å²) in [6.45, 7) is 4.22. The van der Waals surface area contributed by atoms with Gasteiger partial charge in [0.05, 0.1) is 28.6 Å². The number of hydrogen-bond donors (Lipinski definition) is 0. The minimum Gasteiger partial charge on any atom is -0.321 e. The van der Waals surface area contributed by atoms with E-state index in [-0.39, 0.29) is 11.2 Å². The molecule has 1 aromatic carbocycles. The topological polar surface area (TPSA) is 35.6 Å². The van der Waals surface area contributed by atoms with Crippen LogP contribution >= 0.6 is 11.6 Å². The molecular formula is C15H16ClFN4. The molecule has 6 heteroatoms. The molecule has 0 aliphatic rings. The molecule has 0 N–H and O–H groups in total. The van der Waals surface area contributed by atoms with Crippen LogP contribution in [0.1, 0.15) is 29.4 Å². The van der Waals surface area contributed by atoms with Crippen molar-refractivity contribution in [3.8, 4) is 0 Å². The van der Waals surface area contributed by atoms with Crippen molar-refractivity contribution < 1.29 is 4.39 Å². The predicted molar refractivity (Wildman–Crippen MR) is 81.0 cm³/mol. The number of hydrogen-bond acceptors (Lipinski definition) is 2. The van der Waals surface area contributed by atoms with Crippen molar-refractivity contribution >= 4 is 22.6 Å². The molecule has 3 aromatic rings. The number of nitrogens with zero attached hydrogens (tertiary/aromatic N) is 4. The summed E-state index contributed by atoms with van der Waals surface area (Å²) in [5, 5.41) is 3.92. The van der Waals surface area contributed by atoms with E-state index >= 15 is 0 Å². The molecule has 2 heterocycles. The highest BCUT2D eigenvalue weighted by Crippen LogP contribution is 2.27. The van der Waals surface area contributed by atoms with Gasteiger partial charge in [-0.2, -0.15) is 5.10 Å². The number of rotatable bonds is 3. The van der Waals surface area contributed by atoms with Crippen LogP contribution in [-0.4, -0.2) is 19.3 Å². The molecular weight excluding hydrogens is 291 g/mol. The van der Waals surface area contributed by atoms with E-state index in [1.54, 1.807) is 13.1 Å². The van der Waals surface area contributed by atoms with E-state index in [1.807, 2.05) is 35.4 Å². The quantitative estimate of drug-likeness (QED) is 0.694. The average Bonchev–Trinajstić information content (AvgIpc) is 2.97. The van der Waals surface area contributed by atoms with Crippen LogP contribution in [-0.2, 0) is 13.6 Å². The summed E-state index contributed by atoms with van der Waals surface area (Å²) in [6.07, 6.45) is 1.75. The molecule has 0 amide bonds. The van der Waals surface area contributed by atoms with E-state index in [4.69, 9.17) is 11.6 Å². The Labute approximate surface area is 127 Å². The third-order valence-electron chi connectivity index (χ3n) is 3.66. The molecule has 0 fully saturated rings. The molecule has 1 unspecified atom stereocenters. The van der Waals surface area contributed by atoms with Gasteiger partial charge in [0.25, 0.3) is 0 Å². The Hall–Kier alpha value is -1.88. The zero-order valence-corrected chi connectivity index (χ0v) is 12.9. The van der Waals surface area contributed by atoms with Gasteiger partial charge in [0.15, 0.2) is 0 Å². The fourth-order valence-electron chi connectivity index (χ4n) is 2.46. The van der Waals surface area contributed by atoms with Crippen molar-refractivity contribution in [2.45, 2.75) is 25.8 Å². The average molecular weight is 307 g/mol. The molecule has 0 saturated heterocycles. The Morgan fingerprint density at radius 1 is 1.38 bits per heavy atom. The van der Waals surface area contributed by atoms with Crippen molar-refractivity contribution in [2.24, 2.45) is 7.05 Å². The van der Waals surface area contributed by atoms with Gasteiger partial charge in [-0.25, -0.2) is 9.37 Å². The van der Waals surface area contributed by atoms with Crippen LogP contribution in [0.25, 0.3) is 11.0 Å². The summed E-state index contributed by atoms with van der Waals surface area (Å²) in [5.74, 6) is 0.485. The summed E-state index contributed by atoms with van der Waals surface area (Å²) in [7, 11) is 1.89. The SMILES string of the molecule is Cc1cc2c(cc1F)nc(C(C)Cl)n2Cc1ccnn1C. The molecule has 0 spiro atoms. The Morgan fingerprint density at radius 2 is 2.14 bits per heavy atom. The van der Waals surface area contributed by atoms with Crippen LogP contribution in [0.4, 0.5) is 4.39 Å². The third kappa shape index (κ3) is 2.42. The Bertz CT molecular complexity index is 803. The molecule has 0 bridgehead atoms. The van der Waals surface area contributed by atoms with Crippen molar-refractivity contribution in [1.82, 2.24) is 19.3 Å². The maximum absolute atomic E-state index is 13.7. The zero-order valence-electron chi connectivity index (χ0n) is 12.1. The highest BCUT2D eigenvalue weighted by Gasteiger charge is 2.17. The van der Waals surface area contributed by atoms with Crippen molar-refractivity contribution in [3.05, 3.63) is 47.3 Å². The molecule has 2 aromatic heterocycles. The summed E-state index contributed by atoms with van der Waals surface area (Å²) in [6, 6.07) is 5.23. The Morgan fingerprint density at radius 3 is 2.76 bits per heavy atom. The molecule has 3 rings (SSSR count). The van der Waals surface area contributed by atoms with Crippen LogP contribution < -0.4 is 0 Å². The third-order valence-corrected chi connectivity index (χ3v) is 3.85. The summed E-state index contributed by atoms with van der Waals surface area (Å²) < 4.78 is 17.6. The van der Waals surface area contributed by atoms with Gasteiger partial charge in [-0.15, -0.1) is 11.6 Å². The van der Waals surface area contributed by atoms with E-state index < -0.39 is 0 Å². The minimum absolute atomic E-state index is 0.249. The largest absolute Gasteiger partial charge is 0.321 e. The predicted octanol–water partition coefficient (Wildman–Crippen LogP) is 3.57. The lowest BCUT2D eigenvalue weighted by Gasteiger charge is -2.11. The van der Waals surface area contributed by atoms with Crippen LogP contribution in [0, 0.1) is 12.7 Å². The molecule has 0 radical (unpaired) electrons. The monoisotopic (exact) mass is 306 g/mol. The lowest BCUT2D eigenvalue weighted by molar-refractivity contribution is 0.620. The van der Waals surface area contributed by atoms with E-state index in [0.29, 0.717) is 17.6 Å². The second kappa shape index (κ2) is 5.15. The smallest absolute Gasteiger partial charge is 0.128 e. The first-order chi connectivity index (χ1) is 9.97. The van der Waals surface area contributed by atoms with Crippen LogP contribution in [0.2, 0.25) is 0 Å². The van der Waals surface area contributed by atoms with E-state index in [2.05, 4.69) is 10.1 Å². The summed E-state index contributed by atoms with van der Waals surface area (Å²) in [5.41, 5.74) is 3.15.